The van der Waals surface area contributed by atoms with Crippen molar-refractivity contribution < 1.29 is 0 Å². The van der Waals surface area contributed by atoms with E-state index in [9.17, 15) is 0 Å². The molecule has 2 aromatic carbocycles. The predicted octanol–water partition coefficient (Wildman–Crippen LogP) is 6.98. The molecule has 33 heavy (non-hydrogen) atoms. The summed E-state index contributed by atoms with van der Waals surface area (Å²) in [6.45, 7) is 13.3. The molecular weight excluding hydrogens is 402 g/mol. The summed E-state index contributed by atoms with van der Waals surface area (Å²) in [5.74, 6) is 3.56. The fourth-order valence-electron chi connectivity index (χ4n) is 3.76. The van der Waals surface area contributed by atoms with Crippen molar-refractivity contribution in [3.8, 4) is 12.3 Å². The number of rotatable bonds is 10. The van der Waals surface area contributed by atoms with Crippen molar-refractivity contribution >= 4 is 23.3 Å². The number of aliphatic imine (C=N–C) groups is 1. The summed E-state index contributed by atoms with van der Waals surface area (Å²) in [5.41, 5.74) is 8.39. The molecule has 0 N–H and O–H groups in total. The molecule has 1 saturated carbocycles. The quantitative estimate of drug-likeness (QED) is 0.227. The Hall–Kier alpha value is -3.51. The molecule has 3 rings (SSSR count). The first kappa shape index (κ1) is 24.1. The first-order valence-corrected chi connectivity index (χ1v) is 11.6. The highest BCUT2D eigenvalue weighted by molar-refractivity contribution is 5.87. The van der Waals surface area contributed by atoms with Gasteiger partial charge in [0.25, 0.3) is 0 Å². The van der Waals surface area contributed by atoms with Crippen LogP contribution in [0.15, 0.2) is 78.0 Å². The van der Waals surface area contributed by atoms with E-state index in [-0.39, 0.29) is 0 Å². The monoisotopic (exact) mass is 437 g/mol. The van der Waals surface area contributed by atoms with Crippen molar-refractivity contribution in [2.45, 2.75) is 33.1 Å². The third-order valence-corrected chi connectivity index (χ3v) is 5.84. The number of allylic oxidation sites excluding steroid dienone is 3. The fraction of sp³-hybridized carbons (Fsp3) is 0.300. The van der Waals surface area contributed by atoms with Gasteiger partial charge in [0.2, 0.25) is 0 Å². The van der Waals surface area contributed by atoms with E-state index in [0.717, 1.165) is 46.8 Å². The van der Waals surface area contributed by atoms with E-state index in [0.29, 0.717) is 0 Å². The second kappa shape index (κ2) is 10.9. The lowest BCUT2D eigenvalue weighted by Crippen LogP contribution is -2.20. The summed E-state index contributed by atoms with van der Waals surface area (Å²) < 4.78 is 0. The van der Waals surface area contributed by atoms with Gasteiger partial charge in [0.1, 0.15) is 0 Å². The minimum Gasteiger partial charge on any atom is -0.383 e. The molecule has 1 aliphatic rings. The maximum Gasteiger partial charge on any atom is 0.0660 e. The first-order valence-electron chi connectivity index (χ1n) is 11.6. The standard InChI is InChI=1S/C30H35N3/c1-8-24-16-25(9-2)18-29(17-24)33(20-26-11-12-26)28-13-14-30(22(4)15-28)31-19-23(5)27(10-3)21-32(6)7/h1,10,13-19,21,26H,3,5,9,11-12,20H2,2,4,6-7H3/b27-21+,31-19?. The van der Waals surface area contributed by atoms with Gasteiger partial charge in [-0.2, -0.15) is 0 Å². The molecule has 2 aromatic rings. The van der Waals surface area contributed by atoms with E-state index >= 15 is 0 Å². The number of nitrogens with zero attached hydrogens (tertiary/aromatic N) is 3. The van der Waals surface area contributed by atoms with Crippen molar-refractivity contribution in [2.24, 2.45) is 10.9 Å². The van der Waals surface area contributed by atoms with E-state index in [1.54, 1.807) is 6.08 Å². The number of hydrogen-bond acceptors (Lipinski definition) is 3. The van der Waals surface area contributed by atoms with E-state index in [4.69, 9.17) is 11.4 Å². The number of anilines is 2. The molecule has 1 fully saturated rings. The van der Waals surface area contributed by atoms with E-state index in [1.807, 2.05) is 31.4 Å². The maximum atomic E-state index is 5.75. The van der Waals surface area contributed by atoms with Crippen LogP contribution in [-0.2, 0) is 6.42 Å². The van der Waals surface area contributed by atoms with Crippen LogP contribution in [0.3, 0.4) is 0 Å². The zero-order valence-corrected chi connectivity index (χ0v) is 20.4. The van der Waals surface area contributed by atoms with Gasteiger partial charge in [-0.25, -0.2) is 0 Å². The van der Waals surface area contributed by atoms with Crippen LogP contribution in [-0.4, -0.2) is 31.8 Å². The summed E-state index contributed by atoms with van der Waals surface area (Å²) in [6.07, 6.45) is 14.9. The lowest BCUT2D eigenvalue weighted by atomic mass is 10.1. The summed E-state index contributed by atoms with van der Waals surface area (Å²) >= 11 is 0. The molecule has 3 heteroatoms. The lowest BCUT2D eigenvalue weighted by molar-refractivity contribution is 0.561. The van der Waals surface area contributed by atoms with Crippen LogP contribution in [0.25, 0.3) is 0 Å². The van der Waals surface area contributed by atoms with Crippen LogP contribution >= 0.6 is 0 Å². The normalized spacial score (nSPS) is 13.6. The minimum atomic E-state index is 0.742. The van der Waals surface area contributed by atoms with E-state index < -0.39 is 0 Å². The molecule has 3 nitrogen and oxygen atoms in total. The van der Waals surface area contributed by atoms with Crippen molar-refractivity contribution in [3.05, 3.63) is 89.7 Å². The molecule has 0 heterocycles. The average molecular weight is 438 g/mol. The minimum absolute atomic E-state index is 0.742. The molecule has 170 valence electrons. The zero-order valence-electron chi connectivity index (χ0n) is 20.4. The number of hydrogen-bond donors (Lipinski definition) is 0. The summed E-state index contributed by atoms with van der Waals surface area (Å²) in [5, 5.41) is 0. The Morgan fingerprint density at radius 2 is 1.94 bits per heavy atom. The molecular formula is C30H35N3. The smallest absolute Gasteiger partial charge is 0.0660 e. The molecule has 0 saturated heterocycles. The number of benzene rings is 2. The predicted molar refractivity (Wildman–Crippen MR) is 144 cm³/mol. The third-order valence-electron chi connectivity index (χ3n) is 5.84. The van der Waals surface area contributed by atoms with Gasteiger partial charge in [-0.3, -0.25) is 4.99 Å². The second-order valence-corrected chi connectivity index (χ2v) is 8.95. The van der Waals surface area contributed by atoms with Crippen LogP contribution in [0.2, 0.25) is 0 Å². The van der Waals surface area contributed by atoms with Crippen LogP contribution in [0, 0.1) is 25.2 Å². The van der Waals surface area contributed by atoms with Gasteiger partial charge in [-0.15, -0.1) is 6.42 Å². The molecule has 0 aromatic heterocycles. The lowest BCUT2D eigenvalue weighted by Gasteiger charge is -2.26. The largest absolute Gasteiger partial charge is 0.383 e. The van der Waals surface area contributed by atoms with Crippen molar-refractivity contribution in [1.29, 1.82) is 0 Å². The SMILES string of the molecule is C#Cc1cc(CC)cc(N(CC2CC2)c2ccc(N=CC(=C)/C(C=C)=C/N(C)C)c(C)c2)c1. The van der Waals surface area contributed by atoms with Crippen molar-refractivity contribution in [2.75, 3.05) is 25.5 Å². The maximum absolute atomic E-state index is 5.75. The highest BCUT2D eigenvalue weighted by atomic mass is 15.1. The molecule has 0 aliphatic heterocycles. The molecule has 0 amide bonds. The van der Waals surface area contributed by atoms with Crippen LogP contribution in [0.5, 0.6) is 0 Å². The highest BCUT2D eigenvalue weighted by Gasteiger charge is 2.26. The molecule has 0 atom stereocenters. The number of terminal acetylenes is 1. The third kappa shape index (κ3) is 6.49. The van der Waals surface area contributed by atoms with Crippen molar-refractivity contribution in [1.82, 2.24) is 4.90 Å². The second-order valence-electron chi connectivity index (χ2n) is 8.95. The van der Waals surface area contributed by atoms with Crippen LogP contribution in [0.4, 0.5) is 17.1 Å². The van der Waals surface area contributed by atoms with Gasteiger partial charge < -0.3 is 9.80 Å². The van der Waals surface area contributed by atoms with Gasteiger partial charge in [0.05, 0.1) is 5.69 Å². The summed E-state index contributed by atoms with van der Waals surface area (Å²) in [6, 6.07) is 13.0. The Morgan fingerprint density at radius 3 is 2.52 bits per heavy atom. The Bertz CT molecular complexity index is 1120. The first-order chi connectivity index (χ1) is 15.8. The zero-order chi connectivity index (χ0) is 24.0. The Labute approximate surface area is 199 Å². The van der Waals surface area contributed by atoms with E-state index in [2.05, 4.69) is 74.2 Å². The molecule has 0 unspecified atom stereocenters. The van der Waals surface area contributed by atoms with Crippen molar-refractivity contribution in [3.63, 3.8) is 0 Å². The summed E-state index contributed by atoms with van der Waals surface area (Å²) in [4.78, 5) is 9.09. The molecule has 0 spiro atoms. The summed E-state index contributed by atoms with van der Waals surface area (Å²) in [7, 11) is 3.96. The van der Waals surface area contributed by atoms with Gasteiger partial charge in [0, 0.05) is 50.0 Å². The van der Waals surface area contributed by atoms with Gasteiger partial charge in [-0.05, 0) is 90.8 Å². The molecule has 0 bridgehead atoms. The Kier molecular flexibility index (Phi) is 7.96. The highest BCUT2D eigenvalue weighted by Crippen LogP contribution is 2.37. The topological polar surface area (TPSA) is 18.8 Å². The average Bonchev–Trinajstić information content (AvgIpc) is 3.63. The fourth-order valence-corrected chi connectivity index (χ4v) is 3.76. The van der Waals surface area contributed by atoms with Crippen LogP contribution in [0.1, 0.15) is 36.5 Å². The van der Waals surface area contributed by atoms with E-state index in [1.165, 1.54) is 29.8 Å². The van der Waals surface area contributed by atoms with Crippen LogP contribution < -0.4 is 4.90 Å². The number of aryl methyl sites for hydroxylation is 2. The Morgan fingerprint density at radius 1 is 1.18 bits per heavy atom. The van der Waals surface area contributed by atoms with Gasteiger partial charge >= 0.3 is 0 Å². The van der Waals surface area contributed by atoms with Gasteiger partial charge in [0.15, 0.2) is 0 Å². The molecule has 0 radical (unpaired) electrons. The Balaban J connectivity index is 1.90. The molecule has 1 aliphatic carbocycles. The van der Waals surface area contributed by atoms with Gasteiger partial charge in [-0.1, -0.05) is 32.1 Å².